The molecular weight excluding hydrogens is 480 g/mol. The number of aromatic amines is 1. The summed E-state index contributed by atoms with van der Waals surface area (Å²) in [5.74, 6) is 0.366. The molecular formula is C26H33ClN6O3. The van der Waals surface area contributed by atoms with E-state index in [4.69, 9.17) is 22.1 Å². The average molecular weight is 513 g/mol. The van der Waals surface area contributed by atoms with Gasteiger partial charge in [0.15, 0.2) is 5.82 Å². The third-order valence-corrected chi connectivity index (χ3v) is 6.67. The highest BCUT2D eigenvalue weighted by Gasteiger charge is 2.26. The number of primary amides is 1. The predicted octanol–water partition coefficient (Wildman–Crippen LogP) is 4.84. The topological polar surface area (TPSA) is 129 Å². The third kappa shape index (κ3) is 5.52. The van der Waals surface area contributed by atoms with Crippen molar-refractivity contribution >= 4 is 40.5 Å². The van der Waals surface area contributed by atoms with Crippen molar-refractivity contribution in [3.05, 3.63) is 57.6 Å². The molecule has 6 N–H and O–H groups in total. The second kappa shape index (κ2) is 10.7. The molecule has 0 saturated carbocycles. The number of phenols is 1. The van der Waals surface area contributed by atoms with Gasteiger partial charge in [0, 0.05) is 25.3 Å². The predicted molar refractivity (Wildman–Crippen MR) is 144 cm³/mol. The molecule has 0 bridgehead atoms. The summed E-state index contributed by atoms with van der Waals surface area (Å²) < 4.78 is 5.96. The number of carbonyl (C=O) groups excluding carboxylic acids is 1. The zero-order chi connectivity index (χ0) is 26.0. The van der Waals surface area contributed by atoms with Gasteiger partial charge in [-0.05, 0) is 62.1 Å². The van der Waals surface area contributed by atoms with Crippen LogP contribution in [0.4, 0.5) is 23.0 Å². The normalized spacial score (nSPS) is 17.8. The van der Waals surface area contributed by atoms with Gasteiger partial charge in [0.05, 0.1) is 22.9 Å². The van der Waals surface area contributed by atoms with Crippen LogP contribution in [-0.2, 0) is 11.3 Å². The number of ether oxygens (including phenoxy) is 1. The largest absolute Gasteiger partial charge is 0.507 e. The fraction of sp³-hybridized carbons (Fsp3) is 0.385. The number of nitrogens with one attached hydrogen (secondary N) is 3. The number of carbonyl (C=O) groups is 1. The van der Waals surface area contributed by atoms with Crippen LogP contribution in [-0.4, -0.2) is 46.5 Å². The fourth-order valence-electron chi connectivity index (χ4n) is 4.59. The van der Waals surface area contributed by atoms with Crippen molar-refractivity contribution in [2.75, 3.05) is 28.6 Å². The van der Waals surface area contributed by atoms with Crippen LogP contribution in [0.5, 0.6) is 5.75 Å². The number of H-pyrrole nitrogens is 1. The molecule has 9 nitrogen and oxygen atoms in total. The van der Waals surface area contributed by atoms with E-state index in [-0.39, 0.29) is 23.5 Å². The number of hydrogen-bond acceptors (Lipinski definition) is 7. The number of aromatic nitrogens is 2. The number of nitrogens with zero attached hydrogens (tertiary/aromatic N) is 2. The molecule has 3 aromatic rings. The van der Waals surface area contributed by atoms with E-state index in [0.717, 1.165) is 41.9 Å². The summed E-state index contributed by atoms with van der Waals surface area (Å²) in [5, 5.41) is 24.0. The van der Waals surface area contributed by atoms with Gasteiger partial charge in [0.2, 0.25) is 0 Å². The van der Waals surface area contributed by atoms with Crippen LogP contribution in [0.3, 0.4) is 0 Å². The Balaban J connectivity index is 1.50. The molecule has 192 valence electrons. The Morgan fingerprint density at radius 1 is 1.28 bits per heavy atom. The van der Waals surface area contributed by atoms with E-state index >= 15 is 0 Å². The minimum absolute atomic E-state index is 0.126. The SMILES string of the molecule is CC[C@@H]1CN(c2ccc(Nc3[nH]nc(NCc4cc(C)c(O)c(C)c4)c3C(N)=O)cc2Cl)C[C@H](C)O1. The molecule has 1 fully saturated rings. The summed E-state index contributed by atoms with van der Waals surface area (Å²) in [4.78, 5) is 14.5. The maximum Gasteiger partial charge on any atom is 0.256 e. The van der Waals surface area contributed by atoms with Crippen molar-refractivity contribution in [2.24, 2.45) is 5.73 Å². The summed E-state index contributed by atoms with van der Waals surface area (Å²) in [7, 11) is 0. The molecule has 2 heterocycles. The van der Waals surface area contributed by atoms with Gasteiger partial charge in [0.25, 0.3) is 5.91 Å². The highest BCUT2D eigenvalue weighted by molar-refractivity contribution is 6.33. The van der Waals surface area contributed by atoms with Crippen LogP contribution in [0, 0.1) is 13.8 Å². The first-order valence-electron chi connectivity index (χ1n) is 12.0. The number of hydrogen-bond donors (Lipinski definition) is 5. The van der Waals surface area contributed by atoms with E-state index < -0.39 is 5.91 Å². The number of morpholine rings is 1. The van der Waals surface area contributed by atoms with Crippen molar-refractivity contribution in [3.63, 3.8) is 0 Å². The second-order valence-electron chi connectivity index (χ2n) is 9.29. The number of amides is 1. The fourth-order valence-corrected chi connectivity index (χ4v) is 4.89. The van der Waals surface area contributed by atoms with Gasteiger partial charge < -0.3 is 31.1 Å². The number of benzene rings is 2. The Morgan fingerprint density at radius 2 is 2.00 bits per heavy atom. The first-order valence-corrected chi connectivity index (χ1v) is 12.4. The number of anilines is 4. The van der Waals surface area contributed by atoms with E-state index in [1.54, 1.807) is 0 Å². The number of aryl methyl sites for hydroxylation is 2. The number of aromatic hydroxyl groups is 1. The molecule has 10 heteroatoms. The molecule has 1 aliphatic rings. The average Bonchev–Trinajstić information content (AvgIpc) is 3.23. The van der Waals surface area contributed by atoms with Gasteiger partial charge in [0.1, 0.15) is 17.1 Å². The standard InChI is InChI=1S/C26H33ClN6O3/c1-5-19-13-33(12-16(4)36-19)21-7-6-18(10-20(21)27)30-26-22(24(28)35)25(31-32-26)29-11-17-8-14(2)23(34)15(3)9-17/h6-10,16,19,34H,5,11-13H2,1-4H3,(H2,28,35)(H3,29,30,31,32)/t16-,19+/m0/s1. The lowest BCUT2D eigenvalue weighted by Gasteiger charge is -2.38. The molecule has 0 spiro atoms. The third-order valence-electron chi connectivity index (χ3n) is 6.36. The molecule has 2 atom stereocenters. The maximum absolute atomic E-state index is 12.3. The second-order valence-corrected chi connectivity index (χ2v) is 9.70. The Morgan fingerprint density at radius 3 is 2.64 bits per heavy atom. The Hall–Kier alpha value is -3.43. The Labute approximate surface area is 216 Å². The summed E-state index contributed by atoms with van der Waals surface area (Å²) >= 11 is 6.66. The van der Waals surface area contributed by atoms with Gasteiger partial charge in [-0.2, -0.15) is 5.10 Å². The summed E-state index contributed by atoms with van der Waals surface area (Å²) in [6.07, 6.45) is 1.24. The lowest BCUT2D eigenvalue weighted by molar-refractivity contribution is -0.0172. The molecule has 36 heavy (non-hydrogen) atoms. The number of halogens is 1. The quantitative estimate of drug-likeness (QED) is 0.292. The molecule has 1 amide bonds. The molecule has 1 aliphatic heterocycles. The van der Waals surface area contributed by atoms with Gasteiger partial charge in [-0.15, -0.1) is 0 Å². The summed E-state index contributed by atoms with van der Waals surface area (Å²) in [6.45, 7) is 9.83. The molecule has 0 unspecified atom stereocenters. The van der Waals surface area contributed by atoms with Crippen molar-refractivity contribution in [2.45, 2.75) is 52.9 Å². The van der Waals surface area contributed by atoms with Crippen molar-refractivity contribution in [1.29, 1.82) is 0 Å². The van der Waals surface area contributed by atoms with Gasteiger partial charge >= 0.3 is 0 Å². The van der Waals surface area contributed by atoms with E-state index in [1.807, 2.05) is 44.2 Å². The first kappa shape index (κ1) is 25.7. The van der Waals surface area contributed by atoms with Gasteiger partial charge in [-0.1, -0.05) is 30.7 Å². The van der Waals surface area contributed by atoms with Crippen LogP contribution in [0.2, 0.25) is 5.02 Å². The van der Waals surface area contributed by atoms with Gasteiger partial charge in [-0.3, -0.25) is 9.89 Å². The van der Waals surface area contributed by atoms with Crippen molar-refractivity contribution in [3.8, 4) is 5.75 Å². The van der Waals surface area contributed by atoms with Crippen molar-refractivity contribution < 1.29 is 14.6 Å². The van der Waals surface area contributed by atoms with Crippen LogP contribution in [0.15, 0.2) is 30.3 Å². The lowest BCUT2D eigenvalue weighted by atomic mass is 10.1. The van der Waals surface area contributed by atoms with E-state index in [2.05, 4.69) is 39.6 Å². The monoisotopic (exact) mass is 512 g/mol. The van der Waals surface area contributed by atoms with Crippen LogP contribution >= 0.6 is 11.6 Å². The Bertz CT molecular complexity index is 1240. The smallest absolute Gasteiger partial charge is 0.256 e. The van der Waals surface area contributed by atoms with E-state index in [9.17, 15) is 9.90 Å². The summed E-state index contributed by atoms with van der Waals surface area (Å²) in [6, 6.07) is 9.45. The molecule has 0 radical (unpaired) electrons. The molecule has 1 aromatic heterocycles. The molecule has 1 saturated heterocycles. The molecule has 0 aliphatic carbocycles. The highest BCUT2D eigenvalue weighted by atomic mass is 35.5. The van der Waals surface area contributed by atoms with Gasteiger partial charge in [-0.25, -0.2) is 0 Å². The maximum atomic E-state index is 12.3. The zero-order valence-electron chi connectivity index (χ0n) is 21.0. The lowest BCUT2D eigenvalue weighted by Crippen LogP contribution is -2.46. The number of phenolic OH excluding ortho intramolecular Hbond substituents is 1. The van der Waals surface area contributed by atoms with E-state index in [0.29, 0.717) is 28.9 Å². The minimum atomic E-state index is -0.623. The highest BCUT2D eigenvalue weighted by Crippen LogP contribution is 2.33. The number of rotatable bonds is 8. The zero-order valence-corrected chi connectivity index (χ0v) is 21.7. The van der Waals surface area contributed by atoms with E-state index in [1.165, 1.54) is 0 Å². The van der Waals surface area contributed by atoms with Crippen LogP contribution < -0.4 is 21.3 Å². The van der Waals surface area contributed by atoms with Crippen LogP contribution in [0.1, 0.15) is 47.3 Å². The Kier molecular flexibility index (Phi) is 7.61. The summed E-state index contributed by atoms with van der Waals surface area (Å²) in [5.41, 5.74) is 10.0. The minimum Gasteiger partial charge on any atom is -0.507 e. The van der Waals surface area contributed by atoms with Crippen molar-refractivity contribution in [1.82, 2.24) is 10.2 Å². The first-order chi connectivity index (χ1) is 17.2. The molecule has 4 rings (SSSR count). The number of nitrogens with two attached hydrogens (primary N) is 1. The molecule has 2 aromatic carbocycles. The van der Waals surface area contributed by atoms with Crippen LogP contribution in [0.25, 0.3) is 0 Å².